The summed E-state index contributed by atoms with van der Waals surface area (Å²) in [5, 5.41) is 19.4. The van der Waals surface area contributed by atoms with Gasteiger partial charge in [0.15, 0.2) is 0 Å². The number of aromatic nitrogens is 2. The first-order valence-corrected chi connectivity index (χ1v) is 7.97. The van der Waals surface area contributed by atoms with Crippen molar-refractivity contribution in [2.24, 2.45) is 0 Å². The highest BCUT2D eigenvalue weighted by molar-refractivity contribution is 5.92. The molecule has 0 bridgehead atoms. The average Bonchev–Trinajstić information content (AvgIpc) is 3.19. The number of hydrogen-bond acceptors (Lipinski definition) is 4. The maximum absolute atomic E-state index is 12.0. The molecule has 0 aliphatic carbocycles. The fourth-order valence-electron chi connectivity index (χ4n) is 2.97. The summed E-state index contributed by atoms with van der Waals surface area (Å²) < 4.78 is 0. The molecular formula is C17H22N4O2. The number of nitrogens with zero attached hydrogens (tertiary/aromatic N) is 2. The number of aryl methyl sites for hydroxylation is 1. The van der Waals surface area contributed by atoms with Gasteiger partial charge in [0, 0.05) is 19.3 Å². The van der Waals surface area contributed by atoms with Crippen molar-refractivity contribution in [3.63, 3.8) is 0 Å². The molecule has 1 fully saturated rings. The van der Waals surface area contributed by atoms with E-state index in [0.29, 0.717) is 18.8 Å². The molecule has 2 heterocycles. The van der Waals surface area contributed by atoms with Gasteiger partial charge in [0.1, 0.15) is 5.69 Å². The molecule has 1 saturated heterocycles. The van der Waals surface area contributed by atoms with Gasteiger partial charge in [-0.3, -0.25) is 14.8 Å². The van der Waals surface area contributed by atoms with Crippen molar-refractivity contribution < 1.29 is 9.90 Å². The number of likely N-dealkylation sites (tertiary alicyclic amines) is 1. The molecule has 6 nitrogen and oxygen atoms in total. The summed E-state index contributed by atoms with van der Waals surface area (Å²) in [6, 6.07) is 11.8. The highest BCUT2D eigenvalue weighted by Gasteiger charge is 2.32. The number of nitrogens with one attached hydrogen (secondary N) is 2. The molecule has 6 heteroatoms. The van der Waals surface area contributed by atoms with Crippen LogP contribution in [0, 0.1) is 0 Å². The molecule has 1 aliphatic rings. The van der Waals surface area contributed by atoms with Gasteiger partial charge < -0.3 is 10.4 Å². The summed E-state index contributed by atoms with van der Waals surface area (Å²) in [6.45, 7) is 2.20. The van der Waals surface area contributed by atoms with E-state index in [1.165, 1.54) is 11.8 Å². The van der Waals surface area contributed by atoms with Crippen molar-refractivity contribution in [3.8, 4) is 0 Å². The largest absolute Gasteiger partial charge is 0.390 e. The van der Waals surface area contributed by atoms with Crippen LogP contribution in [0.5, 0.6) is 0 Å². The molecule has 23 heavy (non-hydrogen) atoms. The van der Waals surface area contributed by atoms with Gasteiger partial charge in [0.05, 0.1) is 12.1 Å². The van der Waals surface area contributed by atoms with E-state index in [1.54, 1.807) is 6.07 Å². The summed E-state index contributed by atoms with van der Waals surface area (Å²) in [7, 11) is 0. The van der Waals surface area contributed by atoms with Crippen molar-refractivity contribution in [2.45, 2.75) is 25.0 Å². The molecule has 1 aromatic carbocycles. The van der Waals surface area contributed by atoms with Crippen LogP contribution < -0.4 is 5.32 Å². The number of aromatic amines is 1. The topological polar surface area (TPSA) is 81.2 Å². The fraction of sp³-hybridized carbons (Fsp3) is 0.412. The number of aliphatic hydroxyl groups excluding tert-OH is 1. The van der Waals surface area contributed by atoms with E-state index in [4.69, 9.17) is 0 Å². The van der Waals surface area contributed by atoms with Crippen LogP contribution in [-0.2, 0) is 6.42 Å². The minimum Gasteiger partial charge on any atom is -0.390 e. The quantitative estimate of drug-likeness (QED) is 0.737. The Morgan fingerprint density at radius 1 is 1.30 bits per heavy atom. The van der Waals surface area contributed by atoms with Gasteiger partial charge in [-0.25, -0.2) is 0 Å². The van der Waals surface area contributed by atoms with Gasteiger partial charge in [0.25, 0.3) is 5.91 Å². The van der Waals surface area contributed by atoms with Gasteiger partial charge in [-0.15, -0.1) is 0 Å². The van der Waals surface area contributed by atoms with Gasteiger partial charge in [0.2, 0.25) is 0 Å². The molecule has 122 valence electrons. The Morgan fingerprint density at radius 3 is 2.87 bits per heavy atom. The number of hydrogen-bond donors (Lipinski definition) is 3. The number of rotatable bonds is 6. The Labute approximate surface area is 135 Å². The zero-order valence-electron chi connectivity index (χ0n) is 13.0. The molecular weight excluding hydrogens is 292 g/mol. The molecule has 2 aromatic rings. The highest BCUT2D eigenvalue weighted by Crippen LogP contribution is 2.12. The minimum atomic E-state index is -0.529. The zero-order valence-corrected chi connectivity index (χ0v) is 13.0. The molecule has 3 rings (SSSR count). The highest BCUT2D eigenvalue weighted by atomic mass is 16.3. The second-order valence-electron chi connectivity index (χ2n) is 5.97. The van der Waals surface area contributed by atoms with E-state index in [2.05, 4.69) is 44.7 Å². The Morgan fingerprint density at radius 2 is 2.13 bits per heavy atom. The molecule has 1 aliphatic heterocycles. The van der Waals surface area contributed by atoms with Crippen molar-refractivity contribution in [1.29, 1.82) is 0 Å². The minimum absolute atomic E-state index is 0.224. The van der Waals surface area contributed by atoms with E-state index < -0.39 is 6.10 Å². The summed E-state index contributed by atoms with van der Waals surface area (Å²) in [5.74, 6) is -0.224. The van der Waals surface area contributed by atoms with Gasteiger partial charge in [-0.05, 0) is 31.0 Å². The Bertz CT molecular complexity index is 615. The van der Waals surface area contributed by atoms with Gasteiger partial charge >= 0.3 is 0 Å². The second kappa shape index (κ2) is 7.39. The van der Waals surface area contributed by atoms with E-state index >= 15 is 0 Å². The molecule has 0 radical (unpaired) electrons. The van der Waals surface area contributed by atoms with Crippen molar-refractivity contribution in [1.82, 2.24) is 20.4 Å². The molecule has 1 aromatic heterocycles. The Kier molecular flexibility index (Phi) is 5.05. The fourth-order valence-corrected chi connectivity index (χ4v) is 2.97. The molecule has 2 atom stereocenters. The number of aliphatic hydroxyl groups is 1. The summed E-state index contributed by atoms with van der Waals surface area (Å²) in [5.41, 5.74) is 1.75. The lowest BCUT2D eigenvalue weighted by Crippen LogP contribution is -2.43. The maximum Gasteiger partial charge on any atom is 0.269 e. The van der Waals surface area contributed by atoms with Gasteiger partial charge in [-0.1, -0.05) is 30.3 Å². The van der Waals surface area contributed by atoms with E-state index in [-0.39, 0.29) is 11.9 Å². The average molecular weight is 314 g/mol. The van der Waals surface area contributed by atoms with Crippen LogP contribution in [0.2, 0.25) is 0 Å². The van der Waals surface area contributed by atoms with E-state index in [0.717, 1.165) is 19.4 Å². The summed E-state index contributed by atoms with van der Waals surface area (Å²) in [4.78, 5) is 14.2. The normalized spacial score (nSPS) is 21.4. The Balaban J connectivity index is 1.44. The SMILES string of the molecule is O=C(N[C@@H]1CN(CCCc2ccccc2)C[C@H]1O)c1ccn[nH]1. The number of carbonyl (C=O) groups excluding carboxylic acids is 1. The maximum atomic E-state index is 12.0. The third-order valence-corrected chi connectivity index (χ3v) is 4.21. The van der Waals surface area contributed by atoms with E-state index in [1.807, 2.05) is 6.07 Å². The predicted molar refractivity (Wildman–Crippen MR) is 87.1 cm³/mol. The first-order chi connectivity index (χ1) is 11.2. The Hall–Kier alpha value is -2.18. The lowest BCUT2D eigenvalue weighted by atomic mass is 10.1. The van der Waals surface area contributed by atoms with Crippen LogP contribution in [0.1, 0.15) is 22.5 Å². The molecule has 0 spiro atoms. The van der Waals surface area contributed by atoms with Crippen LogP contribution in [0.15, 0.2) is 42.6 Å². The van der Waals surface area contributed by atoms with Crippen LogP contribution in [0.3, 0.4) is 0 Å². The second-order valence-corrected chi connectivity index (χ2v) is 5.97. The van der Waals surface area contributed by atoms with Crippen LogP contribution in [0.4, 0.5) is 0 Å². The number of β-amino-alcohol motifs (C(OH)–C–C–N with tert-alkyl or cyclic N) is 1. The number of H-pyrrole nitrogens is 1. The lowest BCUT2D eigenvalue weighted by Gasteiger charge is -2.16. The van der Waals surface area contributed by atoms with E-state index in [9.17, 15) is 9.90 Å². The van der Waals surface area contributed by atoms with Crippen molar-refractivity contribution >= 4 is 5.91 Å². The third-order valence-electron chi connectivity index (χ3n) is 4.21. The van der Waals surface area contributed by atoms with Crippen LogP contribution in [0.25, 0.3) is 0 Å². The summed E-state index contributed by atoms with van der Waals surface area (Å²) in [6.07, 6.45) is 3.07. The van der Waals surface area contributed by atoms with Crippen LogP contribution >= 0.6 is 0 Å². The van der Waals surface area contributed by atoms with Crippen LogP contribution in [-0.4, -0.2) is 57.9 Å². The summed E-state index contributed by atoms with van der Waals surface area (Å²) >= 11 is 0. The first kappa shape index (κ1) is 15.7. The van der Waals surface area contributed by atoms with Gasteiger partial charge in [-0.2, -0.15) is 5.10 Å². The number of carbonyl (C=O) groups is 1. The lowest BCUT2D eigenvalue weighted by molar-refractivity contribution is 0.0883. The molecule has 1 amide bonds. The van der Waals surface area contributed by atoms with Crippen molar-refractivity contribution in [2.75, 3.05) is 19.6 Å². The molecule has 3 N–H and O–H groups in total. The smallest absolute Gasteiger partial charge is 0.269 e. The first-order valence-electron chi connectivity index (χ1n) is 7.97. The zero-order chi connectivity index (χ0) is 16.1. The number of benzene rings is 1. The molecule has 0 saturated carbocycles. The predicted octanol–water partition coefficient (Wildman–Crippen LogP) is 0.817. The monoisotopic (exact) mass is 314 g/mol. The standard InChI is InChI=1S/C17H22N4O2/c22-16-12-21(10-4-7-13-5-2-1-3-6-13)11-15(16)19-17(23)14-8-9-18-20-14/h1-3,5-6,8-9,15-16,22H,4,7,10-12H2,(H,18,20)(H,19,23)/t15-,16-/m1/s1. The third kappa shape index (κ3) is 4.18. The molecule has 0 unspecified atom stereocenters. The number of amides is 1. The van der Waals surface area contributed by atoms with Crippen molar-refractivity contribution in [3.05, 3.63) is 53.9 Å².